The van der Waals surface area contributed by atoms with Gasteiger partial charge in [-0.15, -0.1) is 0 Å². The van der Waals surface area contributed by atoms with Crippen molar-refractivity contribution in [2.75, 3.05) is 18.6 Å². The SMILES string of the molecule is CN(c1ncnc2c1cnn2CCO)[C@H]1CCc2ccccc21. The molecule has 0 amide bonds. The van der Waals surface area contributed by atoms with Crippen LogP contribution in [0.2, 0.25) is 0 Å². The molecule has 3 aromatic rings. The van der Waals surface area contributed by atoms with Gasteiger partial charge < -0.3 is 10.0 Å². The van der Waals surface area contributed by atoms with Gasteiger partial charge in [0.15, 0.2) is 5.65 Å². The van der Waals surface area contributed by atoms with Crippen LogP contribution in [0.25, 0.3) is 11.0 Å². The number of anilines is 1. The van der Waals surface area contributed by atoms with Gasteiger partial charge in [0.05, 0.1) is 30.8 Å². The second-order valence-electron chi connectivity index (χ2n) is 5.89. The van der Waals surface area contributed by atoms with Crippen LogP contribution in [0, 0.1) is 0 Å². The van der Waals surface area contributed by atoms with E-state index in [9.17, 15) is 0 Å². The number of hydrogen-bond acceptors (Lipinski definition) is 5. The summed E-state index contributed by atoms with van der Waals surface area (Å²) in [6, 6.07) is 8.93. The van der Waals surface area contributed by atoms with Crippen molar-refractivity contribution in [1.82, 2.24) is 19.7 Å². The molecule has 2 aromatic heterocycles. The predicted octanol–water partition coefficient (Wildman–Crippen LogP) is 1.94. The van der Waals surface area contributed by atoms with Crippen molar-refractivity contribution in [3.05, 3.63) is 47.9 Å². The number of aliphatic hydroxyl groups excluding tert-OH is 1. The molecule has 0 saturated carbocycles. The van der Waals surface area contributed by atoms with Crippen LogP contribution in [0.4, 0.5) is 5.82 Å². The van der Waals surface area contributed by atoms with Crippen LogP contribution in [-0.2, 0) is 13.0 Å². The summed E-state index contributed by atoms with van der Waals surface area (Å²) in [4.78, 5) is 11.0. The average Bonchev–Trinajstić information content (AvgIpc) is 3.19. The summed E-state index contributed by atoms with van der Waals surface area (Å²) in [7, 11) is 2.08. The van der Waals surface area contributed by atoms with Crippen LogP contribution < -0.4 is 4.90 Å². The van der Waals surface area contributed by atoms with Gasteiger partial charge in [-0.05, 0) is 24.0 Å². The molecule has 0 aliphatic heterocycles. The van der Waals surface area contributed by atoms with Gasteiger partial charge in [-0.1, -0.05) is 24.3 Å². The summed E-state index contributed by atoms with van der Waals surface area (Å²) in [5.74, 6) is 0.890. The van der Waals surface area contributed by atoms with Gasteiger partial charge in [-0.25, -0.2) is 14.6 Å². The van der Waals surface area contributed by atoms with Crippen LogP contribution in [0.5, 0.6) is 0 Å². The van der Waals surface area contributed by atoms with E-state index < -0.39 is 0 Å². The lowest BCUT2D eigenvalue weighted by atomic mass is 10.1. The van der Waals surface area contributed by atoms with E-state index in [0.29, 0.717) is 12.6 Å². The molecule has 1 aliphatic rings. The van der Waals surface area contributed by atoms with E-state index >= 15 is 0 Å². The lowest BCUT2D eigenvalue weighted by Crippen LogP contribution is -2.23. The first kappa shape index (κ1) is 14.1. The van der Waals surface area contributed by atoms with E-state index in [2.05, 4.69) is 51.3 Å². The first-order valence-electron chi connectivity index (χ1n) is 7.87. The van der Waals surface area contributed by atoms with Gasteiger partial charge in [0.25, 0.3) is 0 Å². The average molecular weight is 309 g/mol. The fourth-order valence-electron chi connectivity index (χ4n) is 3.50. The van der Waals surface area contributed by atoms with Crippen molar-refractivity contribution in [3.8, 4) is 0 Å². The molecule has 0 unspecified atom stereocenters. The molecular formula is C17H19N5O. The summed E-state index contributed by atoms with van der Waals surface area (Å²) in [6.45, 7) is 0.484. The lowest BCUT2D eigenvalue weighted by Gasteiger charge is -2.26. The molecule has 1 aliphatic carbocycles. The smallest absolute Gasteiger partial charge is 0.163 e. The summed E-state index contributed by atoms with van der Waals surface area (Å²) in [5.41, 5.74) is 3.57. The minimum Gasteiger partial charge on any atom is -0.394 e. The number of aromatic nitrogens is 4. The second-order valence-corrected chi connectivity index (χ2v) is 5.89. The van der Waals surface area contributed by atoms with Crippen molar-refractivity contribution >= 4 is 16.9 Å². The van der Waals surface area contributed by atoms with Crippen LogP contribution >= 0.6 is 0 Å². The Bertz CT molecular complexity index is 844. The van der Waals surface area contributed by atoms with Crippen molar-refractivity contribution in [2.45, 2.75) is 25.4 Å². The standard InChI is InChI=1S/C17H19N5O/c1-21(15-7-6-12-4-2-3-5-13(12)15)16-14-10-20-22(8-9-23)17(14)19-11-18-16/h2-5,10-11,15,23H,6-9H2,1H3/t15-/m0/s1. The van der Waals surface area contributed by atoms with Gasteiger partial charge in [-0.3, -0.25) is 0 Å². The third-order valence-electron chi connectivity index (χ3n) is 4.63. The summed E-state index contributed by atoms with van der Waals surface area (Å²) in [5, 5.41) is 14.4. The van der Waals surface area contributed by atoms with Crippen LogP contribution in [0.15, 0.2) is 36.8 Å². The highest BCUT2D eigenvalue weighted by atomic mass is 16.3. The van der Waals surface area contributed by atoms with Crippen molar-refractivity contribution in [2.24, 2.45) is 0 Å². The first-order chi connectivity index (χ1) is 11.3. The molecule has 0 bridgehead atoms. The number of rotatable bonds is 4. The van der Waals surface area contributed by atoms with E-state index in [4.69, 9.17) is 5.11 Å². The van der Waals surface area contributed by atoms with Gasteiger partial charge in [0, 0.05) is 7.05 Å². The molecule has 118 valence electrons. The number of aryl methyl sites for hydroxylation is 1. The zero-order chi connectivity index (χ0) is 15.8. The van der Waals surface area contributed by atoms with Crippen LogP contribution in [0.3, 0.4) is 0 Å². The third kappa shape index (κ3) is 2.26. The minimum atomic E-state index is 0.0436. The highest BCUT2D eigenvalue weighted by Crippen LogP contribution is 2.38. The molecule has 1 aromatic carbocycles. The highest BCUT2D eigenvalue weighted by molar-refractivity contribution is 5.86. The molecule has 0 radical (unpaired) electrons. The van der Waals surface area contributed by atoms with Gasteiger partial charge in [0.1, 0.15) is 12.1 Å². The fraction of sp³-hybridized carbons (Fsp3) is 0.353. The molecule has 6 nitrogen and oxygen atoms in total. The Labute approximate surface area is 134 Å². The van der Waals surface area contributed by atoms with E-state index in [0.717, 1.165) is 29.7 Å². The number of fused-ring (bicyclic) bond motifs is 2. The summed E-state index contributed by atoms with van der Waals surface area (Å²) >= 11 is 0. The maximum absolute atomic E-state index is 9.14. The number of aliphatic hydroxyl groups is 1. The van der Waals surface area contributed by atoms with E-state index in [1.165, 1.54) is 11.1 Å². The van der Waals surface area contributed by atoms with Gasteiger partial charge >= 0.3 is 0 Å². The molecule has 0 fully saturated rings. The molecular weight excluding hydrogens is 290 g/mol. The monoisotopic (exact) mass is 309 g/mol. The highest BCUT2D eigenvalue weighted by Gasteiger charge is 2.27. The van der Waals surface area contributed by atoms with Crippen LogP contribution in [0.1, 0.15) is 23.6 Å². The first-order valence-corrected chi connectivity index (χ1v) is 7.87. The Balaban J connectivity index is 1.75. The molecule has 1 atom stereocenters. The van der Waals surface area contributed by atoms with Gasteiger partial charge in [-0.2, -0.15) is 5.10 Å². The maximum atomic E-state index is 9.14. The topological polar surface area (TPSA) is 67.1 Å². The second kappa shape index (κ2) is 5.62. The Morgan fingerprint density at radius 1 is 1.30 bits per heavy atom. The molecule has 4 rings (SSSR count). The van der Waals surface area contributed by atoms with Crippen molar-refractivity contribution in [1.29, 1.82) is 0 Å². The molecule has 2 heterocycles. The zero-order valence-corrected chi connectivity index (χ0v) is 13.1. The Morgan fingerprint density at radius 2 is 2.17 bits per heavy atom. The Hall–Kier alpha value is -2.47. The summed E-state index contributed by atoms with van der Waals surface area (Å²) < 4.78 is 1.72. The van der Waals surface area contributed by atoms with E-state index in [1.54, 1.807) is 17.2 Å². The molecule has 6 heteroatoms. The number of nitrogens with zero attached hydrogens (tertiary/aromatic N) is 5. The molecule has 0 saturated heterocycles. The molecule has 1 N–H and O–H groups in total. The summed E-state index contributed by atoms with van der Waals surface area (Å²) in [6.07, 6.45) is 5.55. The van der Waals surface area contributed by atoms with Gasteiger partial charge in [0.2, 0.25) is 0 Å². The largest absolute Gasteiger partial charge is 0.394 e. The predicted molar refractivity (Wildman–Crippen MR) is 88.3 cm³/mol. The van der Waals surface area contributed by atoms with E-state index in [-0.39, 0.29) is 6.61 Å². The number of hydrogen-bond donors (Lipinski definition) is 1. The third-order valence-corrected chi connectivity index (χ3v) is 4.63. The van der Waals surface area contributed by atoms with Crippen molar-refractivity contribution < 1.29 is 5.11 Å². The Morgan fingerprint density at radius 3 is 3.04 bits per heavy atom. The van der Waals surface area contributed by atoms with Crippen LogP contribution in [-0.4, -0.2) is 38.5 Å². The number of benzene rings is 1. The lowest BCUT2D eigenvalue weighted by molar-refractivity contribution is 0.271. The zero-order valence-electron chi connectivity index (χ0n) is 13.1. The minimum absolute atomic E-state index is 0.0436. The maximum Gasteiger partial charge on any atom is 0.163 e. The van der Waals surface area contributed by atoms with E-state index in [1.807, 2.05) is 0 Å². The Kier molecular flexibility index (Phi) is 3.46. The molecule has 0 spiro atoms. The fourth-order valence-corrected chi connectivity index (χ4v) is 3.50. The molecule has 23 heavy (non-hydrogen) atoms. The normalized spacial score (nSPS) is 16.7. The quantitative estimate of drug-likeness (QED) is 0.798. The van der Waals surface area contributed by atoms with Crippen molar-refractivity contribution in [3.63, 3.8) is 0 Å².